The van der Waals surface area contributed by atoms with Crippen LogP contribution in [0.2, 0.25) is 0 Å². The summed E-state index contributed by atoms with van der Waals surface area (Å²) in [5, 5.41) is 5.06. The van der Waals surface area contributed by atoms with Gasteiger partial charge in [-0.2, -0.15) is 0 Å². The van der Waals surface area contributed by atoms with Gasteiger partial charge in [-0.3, -0.25) is 9.10 Å². The highest BCUT2D eigenvalue weighted by Gasteiger charge is 2.29. The summed E-state index contributed by atoms with van der Waals surface area (Å²) in [6, 6.07) is 19.7. The molecule has 0 aliphatic rings. The minimum atomic E-state index is -3.67. The van der Waals surface area contributed by atoms with Gasteiger partial charge in [-0.05, 0) is 60.5 Å². The lowest BCUT2D eigenvalue weighted by atomic mass is 10.1. The molecule has 0 saturated heterocycles. The Bertz CT molecular complexity index is 1130. The molecule has 3 rings (SSSR count). The molecule has 0 saturated carbocycles. The van der Waals surface area contributed by atoms with Gasteiger partial charge in [-0.15, -0.1) is 0 Å². The van der Waals surface area contributed by atoms with E-state index >= 15 is 0 Å². The minimum absolute atomic E-state index is 0.314. The zero-order valence-electron chi connectivity index (χ0n) is 17.3. The van der Waals surface area contributed by atoms with E-state index in [0.717, 1.165) is 26.9 Å². The Balaban J connectivity index is 1.74. The molecule has 0 heterocycles. The second-order valence-electron chi connectivity index (χ2n) is 7.06. The average molecular weight is 427 g/mol. The molecule has 0 aromatic heterocycles. The maximum Gasteiger partial charge on any atom is 0.243 e. The van der Waals surface area contributed by atoms with Crippen LogP contribution < -0.4 is 14.4 Å². The Morgan fingerprint density at radius 2 is 1.70 bits per heavy atom. The molecule has 158 valence electrons. The highest BCUT2D eigenvalue weighted by molar-refractivity contribution is 7.92. The van der Waals surface area contributed by atoms with E-state index in [-0.39, 0.29) is 5.91 Å². The number of benzene rings is 3. The molecule has 6 nitrogen and oxygen atoms in total. The number of fused-ring (bicyclic) bond motifs is 1. The summed E-state index contributed by atoms with van der Waals surface area (Å²) in [7, 11) is -3.67. The van der Waals surface area contributed by atoms with Crippen molar-refractivity contribution in [3.8, 4) is 5.75 Å². The van der Waals surface area contributed by atoms with Crippen molar-refractivity contribution in [2.75, 3.05) is 17.2 Å². The van der Waals surface area contributed by atoms with E-state index in [2.05, 4.69) is 5.32 Å². The first-order chi connectivity index (χ1) is 14.3. The molecule has 1 amide bonds. The van der Waals surface area contributed by atoms with Gasteiger partial charge in [0.25, 0.3) is 0 Å². The third-order valence-corrected chi connectivity index (χ3v) is 6.01. The Morgan fingerprint density at radius 3 is 2.33 bits per heavy atom. The molecular weight excluding hydrogens is 400 g/mol. The number of amides is 1. The molecule has 0 fully saturated rings. The van der Waals surface area contributed by atoms with Gasteiger partial charge in [0.1, 0.15) is 11.8 Å². The van der Waals surface area contributed by atoms with Crippen molar-refractivity contribution in [1.29, 1.82) is 0 Å². The summed E-state index contributed by atoms with van der Waals surface area (Å²) >= 11 is 0. The zero-order valence-corrected chi connectivity index (χ0v) is 18.1. The number of sulfonamides is 1. The lowest BCUT2D eigenvalue weighted by Crippen LogP contribution is -2.47. The summed E-state index contributed by atoms with van der Waals surface area (Å²) < 4.78 is 31.4. The van der Waals surface area contributed by atoms with Crippen molar-refractivity contribution < 1.29 is 17.9 Å². The van der Waals surface area contributed by atoms with Crippen LogP contribution in [0.25, 0.3) is 10.8 Å². The van der Waals surface area contributed by atoms with Crippen LogP contribution in [0.3, 0.4) is 0 Å². The predicted molar refractivity (Wildman–Crippen MR) is 120 cm³/mol. The van der Waals surface area contributed by atoms with Crippen LogP contribution in [0.4, 0.5) is 5.69 Å². The van der Waals surface area contributed by atoms with Crippen LogP contribution in [0.15, 0.2) is 66.7 Å². The topological polar surface area (TPSA) is 75.7 Å². The number of carbonyl (C=O) groups is 1. The van der Waals surface area contributed by atoms with E-state index < -0.39 is 16.1 Å². The van der Waals surface area contributed by atoms with Crippen LogP contribution >= 0.6 is 0 Å². The molecule has 0 radical (unpaired) electrons. The second kappa shape index (κ2) is 9.17. The number of nitrogens with one attached hydrogen (secondary N) is 1. The van der Waals surface area contributed by atoms with E-state index in [0.29, 0.717) is 24.6 Å². The number of anilines is 1. The van der Waals surface area contributed by atoms with Crippen molar-refractivity contribution in [3.63, 3.8) is 0 Å². The zero-order chi connectivity index (χ0) is 21.7. The van der Waals surface area contributed by atoms with Crippen LogP contribution in [0.1, 0.15) is 19.4 Å². The molecule has 3 aromatic carbocycles. The second-order valence-corrected chi connectivity index (χ2v) is 8.92. The van der Waals surface area contributed by atoms with Gasteiger partial charge in [0.15, 0.2) is 0 Å². The normalized spacial score (nSPS) is 12.4. The first-order valence-electron chi connectivity index (χ1n) is 9.77. The highest BCUT2D eigenvalue weighted by Crippen LogP contribution is 2.24. The van der Waals surface area contributed by atoms with Crippen molar-refractivity contribution in [1.82, 2.24) is 5.32 Å². The first kappa shape index (κ1) is 21.6. The van der Waals surface area contributed by atoms with Crippen LogP contribution in [0.5, 0.6) is 5.75 Å². The van der Waals surface area contributed by atoms with E-state index in [4.69, 9.17) is 4.74 Å². The van der Waals surface area contributed by atoms with E-state index in [1.807, 2.05) is 49.4 Å². The summed E-state index contributed by atoms with van der Waals surface area (Å²) in [5.41, 5.74) is 1.36. The summed E-state index contributed by atoms with van der Waals surface area (Å²) in [4.78, 5) is 12.8. The van der Waals surface area contributed by atoms with Crippen molar-refractivity contribution in [3.05, 3.63) is 72.3 Å². The molecule has 7 heteroatoms. The SMILES string of the molecule is CCOc1ccc(N(C(C)C(=O)NCc2ccc3ccccc3c2)S(C)(=O)=O)cc1. The predicted octanol–water partition coefficient (Wildman–Crippen LogP) is 3.71. The van der Waals surface area contributed by atoms with Crippen LogP contribution in [-0.2, 0) is 21.4 Å². The average Bonchev–Trinajstić information content (AvgIpc) is 2.72. The van der Waals surface area contributed by atoms with Gasteiger partial charge < -0.3 is 10.1 Å². The summed E-state index contributed by atoms with van der Waals surface area (Å²) in [5.74, 6) is 0.269. The third-order valence-electron chi connectivity index (χ3n) is 4.77. The lowest BCUT2D eigenvalue weighted by molar-refractivity contribution is -0.122. The van der Waals surface area contributed by atoms with Crippen LogP contribution in [-0.4, -0.2) is 33.2 Å². The summed E-state index contributed by atoms with van der Waals surface area (Å²) in [6.45, 7) is 4.28. The molecule has 30 heavy (non-hydrogen) atoms. The van der Waals surface area contributed by atoms with Gasteiger partial charge in [-0.1, -0.05) is 36.4 Å². The third kappa shape index (κ3) is 5.10. The molecule has 1 atom stereocenters. The quantitative estimate of drug-likeness (QED) is 0.596. The number of rotatable bonds is 8. The largest absolute Gasteiger partial charge is 0.494 e. The van der Waals surface area contributed by atoms with Gasteiger partial charge in [0, 0.05) is 6.54 Å². The monoisotopic (exact) mass is 426 g/mol. The standard InChI is InChI=1S/C23H26N2O4S/c1-4-29-22-13-11-21(12-14-22)25(30(3,27)28)17(2)23(26)24-16-18-9-10-19-7-5-6-8-20(19)15-18/h5-15,17H,4,16H2,1-3H3,(H,24,26). The number of hydrogen-bond donors (Lipinski definition) is 1. The van der Waals surface area contributed by atoms with E-state index in [1.165, 1.54) is 0 Å². The smallest absolute Gasteiger partial charge is 0.243 e. The molecule has 0 aliphatic heterocycles. The van der Waals surface area contributed by atoms with Gasteiger partial charge in [0.2, 0.25) is 15.9 Å². The Hall–Kier alpha value is -3.06. The number of hydrogen-bond acceptors (Lipinski definition) is 4. The van der Waals surface area contributed by atoms with Crippen LogP contribution in [0, 0.1) is 0 Å². The lowest BCUT2D eigenvalue weighted by Gasteiger charge is -2.28. The van der Waals surface area contributed by atoms with Crippen molar-refractivity contribution in [2.45, 2.75) is 26.4 Å². The Morgan fingerprint density at radius 1 is 1.03 bits per heavy atom. The van der Waals surface area contributed by atoms with E-state index in [1.54, 1.807) is 31.2 Å². The molecule has 0 bridgehead atoms. The maximum absolute atomic E-state index is 12.8. The molecule has 0 spiro atoms. The van der Waals surface area contributed by atoms with Crippen molar-refractivity contribution in [2.24, 2.45) is 0 Å². The fourth-order valence-corrected chi connectivity index (χ4v) is 4.53. The van der Waals surface area contributed by atoms with Crippen molar-refractivity contribution >= 4 is 32.4 Å². The first-order valence-corrected chi connectivity index (χ1v) is 11.6. The van der Waals surface area contributed by atoms with Gasteiger partial charge >= 0.3 is 0 Å². The van der Waals surface area contributed by atoms with Gasteiger partial charge in [-0.25, -0.2) is 8.42 Å². The summed E-state index contributed by atoms with van der Waals surface area (Å²) in [6.07, 6.45) is 1.09. The van der Waals surface area contributed by atoms with E-state index in [9.17, 15) is 13.2 Å². The molecule has 1 N–H and O–H groups in total. The number of carbonyl (C=O) groups excluding carboxylic acids is 1. The highest BCUT2D eigenvalue weighted by atomic mass is 32.2. The number of nitrogens with zero attached hydrogens (tertiary/aromatic N) is 1. The van der Waals surface area contributed by atoms with Gasteiger partial charge in [0.05, 0.1) is 18.6 Å². The number of ether oxygens (including phenoxy) is 1. The molecule has 1 unspecified atom stereocenters. The molecular formula is C23H26N2O4S. The molecule has 3 aromatic rings. The molecule has 0 aliphatic carbocycles. The Kier molecular flexibility index (Phi) is 6.62. The Labute approximate surface area is 177 Å². The fourth-order valence-electron chi connectivity index (χ4n) is 3.35. The minimum Gasteiger partial charge on any atom is -0.494 e. The maximum atomic E-state index is 12.8. The fraction of sp³-hybridized carbons (Fsp3) is 0.261.